The summed E-state index contributed by atoms with van der Waals surface area (Å²) < 4.78 is 1.94. The van der Waals surface area contributed by atoms with Gasteiger partial charge in [0.05, 0.1) is 16.8 Å². The molecule has 1 aliphatic heterocycles. The maximum absolute atomic E-state index is 12.9. The Hall–Kier alpha value is -3.74. The number of anilines is 1. The zero-order valence-corrected chi connectivity index (χ0v) is 18.7. The third-order valence-corrected chi connectivity index (χ3v) is 6.53. The molecule has 0 spiro atoms. The topological polar surface area (TPSA) is 67.2 Å². The second-order valence-corrected chi connectivity index (χ2v) is 8.86. The second-order valence-electron chi connectivity index (χ2n) is 8.86. The number of hydrogen-bond acceptors (Lipinski definition) is 5. The van der Waals surface area contributed by atoms with Gasteiger partial charge in [-0.15, -0.1) is 0 Å². The SMILES string of the molecule is Cc1nn(-c2ccccc2)c2nc(C3CC3)nc(N3CCN(C(=O)c4ccccc4)CC3)c12. The van der Waals surface area contributed by atoms with E-state index < -0.39 is 0 Å². The van der Waals surface area contributed by atoms with E-state index >= 15 is 0 Å². The lowest BCUT2D eigenvalue weighted by atomic mass is 10.1. The number of benzene rings is 2. The Kier molecular flexibility index (Phi) is 4.82. The van der Waals surface area contributed by atoms with E-state index in [4.69, 9.17) is 15.1 Å². The summed E-state index contributed by atoms with van der Waals surface area (Å²) in [7, 11) is 0. The number of piperazine rings is 1. The summed E-state index contributed by atoms with van der Waals surface area (Å²) in [5.41, 5.74) is 3.54. The number of carbonyl (C=O) groups is 1. The van der Waals surface area contributed by atoms with Crippen LogP contribution in [0.2, 0.25) is 0 Å². The molecule has 2 aliphatic rings. The van der Waals surface area contributed by atoms with Crippen molar-refractivity contribution in [3.63, 3.8) is 0 Å². The Labute approximate surface area is 192 Å². The highest BCUT2D eigenvalue weighted by atomic mass is 16.2. The fourth-order valence-electron chi connectivity index (χ4n) is 4.56. The van der Waals surface area contributed by atoms with E-state index in [9.17, 15) is 4.79 Å². The number of fused-ring (bicyclic) bond motifs is 1. The van der Waals surface area contributed by atoms with Crippen molar-refractivity contribution in [2.24, 2.45) is 0 Å². The van der Waals surface area contributed by atoms with Gasteiger partial charge in [0.2, 0.25) is 0 Å². The van der Waals surface area contributed by atoms with Crippen LogP contribution in [-0.2, 0) is 0 Å². The van der Waals surface area contributed by atoms with Crippen molar-refractivity contribution < 1.29 is 4.79 Å². The van der Waals surface area contributed by atoms with Crippen molar-refractivity contribution in [3.05, 3.63) is 77.7 Å². The molecule has 2 fully saturated rings. The molecule has 0 bridgehead atoms. The highest BCUT2D eigenvalue weighted by molar-refractivity contribution is 5.95. The molecule has 7 nitrogen and oxygen atoms in total. The lowest BCUT2D eigenvalue weighted by Crippen LogP contribution is -2.49. The number of hydrogen-bond donors (Lipinski definition) is 0. The van der Waals surface area contributed by atoms with Crippen LogP contribution in [-0.4, -0.2) is 56.7 Å². The third kappa shape index (κ3) is 3.63. The minimum absolute atomic E-state index is 0.0924. The highest BCUT2D eigenvalue weighted by Crippen LogP contribution is 2.40. The van der Waals surface area contributed by atoms with Gasteiger partial charge in [0.1, 0.15) is 11.6 Å². The summed E-state index contributed by atoms with van der Waals surface area (Å²) in [5, 5.41) is 5.85. The van der Waals surface area contributed by atoms with Crippen LogP contribution in [0.4, 0.5) is 5.82 Å². The van der Waals surface area contributed by atoms with Gasteiger partial charge in [-0.2, -0.15) is 5.10 Å². The van der Waals surface area contributed by atoms with Crippen molar-refractivity contribution in [2.75, 3.05) is 31.1 Å². The van der Waals surface area contributed by atoms with Crippen LogP contribution in [0.5, 0.6) is 0 Å². The fraction of sp³-hybridized carbons (Fsp3) is 0.308. The predicted molar refractivity (Wildman–Crippen MR) is 128 cm³/mol. The number of amides is 1. The minimum atomic E-state index is 0.0924. The molecule has 0 N–H and O–H groups in total. The zero-order valence-electron chi connectivity index (χ0n) is 18.7. The number of aromatic nitrogens is 4. The second kappa shape index (κ2) is 7.99. The van der Waals surface area contributed by atoms with E-state index in [1.807, 2.05) is 65.0 Å². The molecule has 1 aliphatic carbocycles. The summed E-state index contributed by atoms with van der Waals surface area (Å²) >= 11 is 0. The first kappa shape index (κ1) is 19.9. The number of para-hydroxylation sites is 1. The van der Waals surface area contributed by atoms with Crippen LogP contribution in [0, 0.1) is 6.92 Å². The molecular weight excluding hydrogens is 412 g/mol. The molecule has 33 heavy (non-hydrogen) atoms. The van der Waals surface area contributed by atoms with Crippen LogP contribution in [0.1, 0.15) is 40.6 Å². The van der Waals surface area contributed by atoms with Gasteiger partial charge in [-0.3, -0.25) is 4.79 Å². The highest BCUT2D eigenvalue weighted by Gasteiger charge is 2.31. The van der Waals surface area contributed by atoms with Crippen LogP contribution < -0.4 is 4.90 Å². The van der Waals surface area contributed by atoms with Crippen LogP contribution in [0.3, 0.4) is 0 Å². The summed E-state index contributed by atoms with van der Waals surface area (Å²) in [6, 6.07) is 19.7. The summed E-state index contributed by atoms with van der Waals surface area (Å²) in [5.74, 6) is 2.40. The van der Waals surface area contributed by atoms with Gasteiger partial charge in [-0.1, -0.05) is 36.4 Å². The lowest BCUT2D eigenvalue weighted by molar-refractivity contribution is 0.0746. The lowest BCUT2D eigenvalue weighted by Gasteiger charge is -2.35. The van der Waals surface area contributed by atoms with Crippen molar-refractivity contribution in [1.82, 2.24) is 24.6 Å². The molecule has 6 rings (SSSR count). The first-order chi connectivity index (χ1) is 16.2. The van der Waals surface area contributed by atoms with Gasteiger partial charge in [0, 0.05) is 37.7 Å². The number of nitrogens with zero attached hydrogens (tertiary/aromatic N) is 6. The Morgan fingerprint density at radius 2 is 1.55 bits per heavy atom. The van der Waals surface area contributed by atoms with Crippen LogP contribution in [0.25, 0.3) is 16.7 Å². The van der Waals surface area contributed by atoms with Crippen molar-refractivity contribution in [3.8, 4) is 5.69 Å². The molecule has 2 aromatic carbocycles. The normalized spacial score (nSPS) is 16.4. The third-order valence-electron chi connectivity index (χ3n) is 6.53. The molecule has 3 heterocycles. The standard InChI is InChI=1S/C26H26N6O/c1-18-22-24(30-14-16-31(17-15-30)26(33)20-8-4-2-5-9-20)27-23(19-12-13-19)28-25(22)32(29-18)21-10-6-3-7-11-21/h2-11,19H,12-17H2,1H3. The van der Waals surface area contributed by atoms with Gasteiger partial charge in [-0.25, -0.2) is 14.6 Å². The smallest absolute Gasteiger partial charge is 0.253 e. The average molecular weight is 439 g/mol. The van der Waals surface area contributed by atoms with E-state index in [1.54, 1.807) is 0 Å². The van der Waals surface area contributed by atoms with E-state index in [2.05, 4.69) is 17.0 Å². The van der Waals surface area contributed by atoms with E-state index in [0.29, 0.717) is 19.0 Å². The summed E-state index contributed by atoms with van der Waals surface area (Å²) in [6.45, 7) is 4.85. The molecule has 1 saturated carbocycles. The Morgan fingerprint density at radius 1 is 0.879 bits per heavy atom. The van der Waals surface area contributed by atoms with E-state index in [0.717, 1.165) is 65.6 Å². The maximum Gasteiger partial charge on any atom is 0.253 e. The van der Waals surface area contributed by atoms with Crippen molar-refractivity contribution >= 4 is 22.8 Å². The van der Waals surface area contributed by atoms with Crippen molar-refractivity contribution in [2.45, 2.75) is 25.7 Å². The molecular formula is C26H26N6O. The van der Waals surface area contributed by atoms with Gasteiger partial charge in [-0.05, 0) is 44.0 Å². The van der Waals surface area contributed by atoms with Crippen LogP contribution >= 0.6 is 0 Å². The molecule has 7 heteroatoms. The van der Waals surface area contributed by atoms with Crippen molar-refractivity contribution in [1.29, 1.82) is 0 Å². The number of carbonyl (C=O) groups excluding carboxylic acids is 1. The van der Waals surface area contributed by atoms with Gasteiger partial charge >= 0.3 is 0 Å². The predicted octanol–water partition coefficient (Wildman–Crippen LogP) is 3.96. The summed E-state index contributed by atoms with van der Waals surface area (Å²) in [4.78, 5) is 27.1. The molecule has 0 atom stereocenters. The molecule has 0 unspecified atom stereocenters. The van der Waals surface area contributed by atoms with Gasteiger partial charge < -0.3 is 9.80 Å². The molecule has 2 aromatic heterocycles. The molecule has 1 saturated heterocycles. The molecule has 0 radical (unpaired) electrons. The molecule has 4 aromatic rings. The Morgan fingerprint density at radius 3 is 2.21 bits per heavy atom. The first-order valence-electron chi connectivity index (χ1n) is 11.6. The van der Waals surface area contributed by atoms with E-state index in [1.165, 1.54) is 0 Å². The minimum Gasteiger partial charge on any atom is -0.352 e. The molecule has 1 amide bonds. The van der Waals surface area contributed by atoms with Crippen LogP contribution in [0.15, 0.2) is 60.7 Å². The molecule has 166 valence electrons. The number of aryl methyl sites for hydroxylation is 1. The Balaban J connectivity index is 1.34. The monoisotopic (exact) mass is 438 g/mol. The first-order valence-corrected chi connectivity index (χ1v) is 11.6. The van der Waals surface area contributed by atoms with Gasteiger partial charge in [0.25, 0.3) is 5.91 Å². The summed E-state index contributed by atoms with van der Waals surface area (Å²) in [6.07, 6.45) is 2.28. The average Bonchev–Trinajstić information content (AvgIpc) is 3.68. The zero-order chi connectivity index (χ0) is 22.4. The van der Waals surface area contributed by atoms with E-state index in [-0.39, 0.29) is 5.91 Å². The number of rotatable bonds is 4. The fourth-order valence-corrected chi connectivity index (χ4v) is 4.56. The van der Waals surface area contributed by atoms with Gasteiger partial charge in [0.15, 0.2) is 5.65 Å². The maximum atomic E-state index is 12.9. The quantitative estimate of drug-likeness (QED) is 0.482. The largest absolute Gasteiger partial charge is 0.352 e. The Bertz CT molecular complexity index is 1310.